The highest BCUT2D eigenvalue weighted by Crippen LogP contribution is 2.21. The largest absolute Gasteiger partial charge is 0.507 e. The summed E-state index contributed by atoms with van der Waals surface area (Å²) in [5.41, 5.74) is 3.68. The van der Waals surface area contributed by atoms with Crippen molar-refractivity contribution < 1.29 is 14.6 Å². The molecule has 2 rings (SSSR count). The molecular formula is C16H14BrClN2O3. The number of rotatable bonds is 5. The molecule has 5 nitrogen and oxygen atoms in total. The van der Waals surface area contributed by atoms with Crippen molar-refractivity contribution in [2.45, 2.75) is 6.92 Å². The third-order valence-electron chi connectivity index (χ3n) is 2.88. The third kappa shape index (κ3) is 5.26. The first kappa shape index (κ1) is 17.3. The Kier molecular flexibility index (Phi) is 6.01. The van der Waals surface area contributed by atoms with Gasteiger partial charge in [-0.15, -0.1) is 0 Å². The van der Waals surface area contributed by atoms with Crippen LogP contribution in [-0.4, -0.2) is 23.8 Å². The number of halogens is 2. The molecule has 0 bridgehead atoms. The van der Waals surface area contributed by atoms with E-state index in [4.69, 9.17) is 16.3 Å². The van der Waals surface area contributed by atoms with E-state index in [1.54, 1.807) is 30.3 Å². The summed E-state index contributed by atoms with van der Waals surface area (Å²) in [5.74, 6) is 0.207. The fourth-order valence-electron chi connectivity index (χ4n) is 1.69. The number of aromatic hydroxyl groups is 1. The molecule has 23 heavy (non-hydrogen) atoms. The number of phenols is 1. The lowest BCUT2D eigenvalue weighted by Crippen LogP contribution is -2.24. The zero-order valence-corrected chi connectivity index (χ0v) is 14.6. The summed E-state index contributed by atoms with van der Waals surface area (Å²) < 4.78 is 6.14. The Hall–Kier alpha value is -2.05. The maximum atomic E-state index is 11.7. The summed E-state index contributed by atoms with van der Waals surface area (Å²) in [6.45, 7) is 1.67. The lowest BCUT2D eigenvalue weighted by molar-refractivity contribution is -0.123. The number of hydrogen-bond donors (Lipinski definition) is 2. The van der Waals surface area contributed by atoms with E-state index in [1.807, 2.05) is 6.92 Å². The first-order valence-electron chi connectivity index (χ1n) is 6.65. The molecule has 0 atom stereocenters. The molecule has 2 aromatic rings. The van der Waals surface area contributed by atoms with Crippen molar-refractivity contribution in [1.82, 2.24) is 5.43 Å². The van der Waals surface area contributed by atoms with E-state index in [0.29, 0.717) is 16.3 Å². The van der Waals surface area contributed by atoms with Crippen molar-refractivity contribution in [2.75, 3.05) is 6.61 Å². The number of carbonyl (C=O) groups excluding carboxylic acids is 1. The van der Waals surface area contributed by atoms with E-state index in [9.17, 15) is 9.90 Å². The molecule has 7 heteroatoms. The first-order chi connectivity index (χ1) is 11.0. The minimum atomic E-state index is -0.414. The molecular weight excluding hydrogens is 384 g/mol. The molecule has 0 aromatic heterocycles. The van der Waals surface area contributed by atoms with Gasteiger partial charge in [0.25, 0.3) is 5.91 Å². The molecule has 0 aliphatic carbocycles. The van der Waals surface area contributed by atoms with Crippen LogP contribution in [0.4, 0.5) is 0 Å². The fraction of sp³-hybridized carbons (Fsp3) is 0.125. The molecule has 0 saturated heterocycles. The van der Waals surface area contributed by atoms with Gasteiger partial charge in [0.2, 0.25) is 0 Å². The van der Waals surface area contributed by atoms with E-state index in [0.717, 1.165) is 10.0 Å². The Morgan fingerprint density at radius 2 is 2.17 bits per heavy atom. The first-order valence-corrected chi connectivity index (χ1v) is 7.82. The number of nitrogens with one attached hydrogen (secondary N) is 1. The molecule has 0 spiro atoms. The second-order valence-corrected chi connectivity index (χ2v) is 6.02. The molecule has 0 heterocycles. The summed E-state index contributed by atoms with van der Waals surface area (Å²) in [6, 6.07) is 10.0. The smallest absolute Gasteiger partial charge is 0.277 e. The van der Waals surface area contributed by atoms with Gasteiger partial charge < -0.3 is 9.84 Å². The molecule has 0 aliphatic heterocycles. The fourth-order valence-corrected chi connectivity index (χ4v) is 2.19. The standard InChI is InChI=1S/C16H14BrClN2O3/c1-10-6-13(3-4-14(10)18)23-9-16(22)20-19-8-11-7-12(17)2-5-15(11)21/h2-8,21H,9H2,1H3,(H,20,22)/b19-8-. The van der Waals surface area contributed by atoms with Crippen LogP contribution in [0.25, 0.3) is 0 Å². The van der Waals surface area contributed by atoms with Crippen molar-refractivity contribution in [3.8, 4) is 11.5 Å². The van der Waals surface area contributed by atoms with Crippen LogP contribution in [-0.2, 0) is 4.79 Å². The maximum absolute atomic E-state index is 11.7. The molecule has 2 N–H and O–H groups in total. The van der Waals surface area contributed by atoms with E-state index in [-0.39, 0.29) is 12.4 Å². The van der Waals surface area contributed by atoms with Crippen LogP contribution in [0.5, 0.6) is 11.5 Å². The number of aryl methyl sites for hydroxylation is 1. The Labute approximate surface area is 147 Å². The summed E-state index contributed by atoms with van der Waals surface area (Å²) in [7, 11) is 0. The predicted molar refractivity (Wildman–Crippen MR) is 93.2 cm³/mol. The number of nitrogens with zero attached hydrogens (tertiary/aromatic N) is 1. The summed E-state index contributed by atoms with van der Waals surface area (Å²) in [5, 5.41) is 14.1. The number of ether oxygens (including phenoxy) is 1. The van der Waals surface area contributed by atoms with Crippen LogP contribution < -0.4 is 10.2 Å². The van der Waals surface area contributed by atoms with Gasteiger partial charge in [-0.25, -0.2) is 5.43 Å². The zero-order valence-electron chi connectivity index (χ0n) is 12.2. The van der Waals surface area contributed by atoms with Crippen LogP contribution in [0.1, 0.15) is 11.1 Å². The predicted octanol–water partition coefficient (Wildman–Crippen LogP) is 3.65. The summed E-state index contributed by atoms with van der Waals surface area (Å²) in [6.07, 6.45) is 1.35. The normalized spacial score (nSPS) is 10.7. The summed E-state index contributed by atoms with van der Waals surface area (Å²) in [4.78, 5) is 11.7. The van der Waals surface area contributed by atoms with Gasteiger partial charge in [0, 0.05) is 15.1 Å². The second-order valence-electron chi connectivity index (χ2n) is 4.70. The Balaban J connectivity index is 1.86. The topological polar surface area (TPSA) is 70.9 Å². The van der Waals surface area contributed by atoms with Gasteiger partial charge in [-0.1, -0.05) is 27.5 Å². The van der Waals surface area contributed by atoms with Crippen LogP contribution in [0, 0.1) is 6.92 Å². The zero-order chi connectivity index (χ0) is 16.8. The van der Waals surface area contributed by atoms with Crippen molar-refractivity contribution in [2.24, 2.45) is 5.10 Å². The van der Waals surface area contributed by atoms with Gasteiger partial charge in [-0.05, 0) is 48.9 Å². The van der Waals surface area contributed by atoms with Crippen LogP contribution in [0.2, 0.25) is 5.02 Å². The molecule has 1 amide bonds. The highest BCUT2D eigenvalue weighted by atomic mass is 79.9. The second kappa shape index (κ2) is 7.99. The Morgan fingerprint density at radius 3 is 2.91 bits per heavy atom. The molecule has 0 unspecified atom stereocenters. The lowest BCUT2D eigenvalue weighted by Gasteiger charge is -2.06. The number of hydrazone groups is 1. The SMILES string of the molecule is Cc1cc(OCC(=O)N/N=C\c2cc(Br)ccc2O)ccc1Cl. The van der Waals surface area contributed by atoms with E-state index >= 15 is 0 Å². The van der Waals surface area contributed by atoms with Gasteiger partial charge in [-0.3, -0.25) is 4.79 Å². The van der Waals surface area contributed by atoms with Gasteiger partial charge in [-0.2, -0.15) is 5.10 Å². The number of hydrogen-bond acceptors (Lipinski definition) is 4. The molecule has 2 aromatic carbocycles. The van der Waals surface area contributed by atoms with E-state index < -0.39 is 5.91 Å². The van der Waals surface area contributed by atoms with Crippen LogP contribution in [0.3, 0.4) is 0 Å². The van der Waals surface area contributed by atoms with Crippen molar-refractivity contribution in [3.63, 3.8) is 0 Å². The lowest BCUT2D eigenvalue weighted by atomic mass is 10.2. The van der Waals surface area contributed by atoms with Crippen molar-refractivity contribution in [3.05, 3.63) is 57.0 Å². The number of carbonyl (C=O) groups is 1. The van der Waals surface area contributed by atoms with Crippen LogP contribution in [0.15, 0.2) is 46.0 Å². The van der Waals surface area contributed by atoms with Gasteiger partial charge in [0.1, 0.15) is 11.5 Å². The molecule has 0 radical (unpaired) electrons. The quantitative estimate of drug-likeness (QED) is 0.598. The molecule has 0 fully saturated rings. The minimum absolute atomic E-state index is 0.0686. The number of amides is 1. The average molecular weight is 398 g/mol. The van der Waals surface area contributed by atoms with Gasteiger partial charge in [0.15, 0.2) is 6.61 Å². The highest BCUT2D eigenvalue weighted by molar-refractivity contribution is 9.10. The highest BCUT2D eigenvalue weighted by Gasteiger charge is 2.04. The molecule has 120 valence electrons. The van der Waals surface area contributed by atoms with Crippen molar-refractivity contribution >= 4 is 39.7 Å². The van der Waals surface area contributed by atoms with E-state index in [2.05, 4.69) is 26.5 Å². The summed E-state index contributed by atoms with van der Waals surface area (Å²) >= 11 is 9.21. The molecule has 0 saturated carbocycles. The monoisotopic (exact) mass is 396 g/mol. The van der Waals surface area contributed by atoms with E-state index in [1.165, 1.54) is 12.3 Å². The van der Waals surface area contributed by atoms with Gasteiger partial charge in [0.05, 0.1) is 6.21 Å². The van der Waals surface area contributed by atoms with Crippen LogP contribution >= 0.6 is 27.5 Å². The number of benzene rings is 2. The Morgan fingerprint density at radius 1 is 1.39 bits per heavy atom. The number of phenolic OH excluding ortho intramolecular Hbond substituents is 1. The van der Waals surface area contributed by atoms with Crippen molar-refractivity contribution in [1.29, 1.82) is 0 Å². The third-order valence-corrected chi connectivity index (χ3v) is 3.80. The molecule has 0 aliphatic rings. The maximum Gasteiger partial charge on any atom is 0.277 e. The Bertz CT molecular complexity index is 750. The average Bonchev–Trinajstić information content (AvgIpc) is 2.52. The van der Waals surface area contributed by atoms with Gasteiger partial charge >= 0.3 is 0 Å². The minimum Gasteiger partial charge on any atom is -0.507 e.